The van der Waals surface area contributed by atoms with Crippen molar-refractivity contribution < 1.29 is 14.7 Å². The average molecular weight is 207 g/mol. The topological polar surface area (TPSA) is 81.4 Å². The maximum atomic E-state index is 10.8. The molecule has 0 aromatic heterocycles. The van der Waals surface area contributed by atoms with Crippen LogP contribution >= 0.6 is 0 Å². The molecular weight excluding hydrogens is 196 g/mol. The summed E-state index contributed by atoms with van der Waals surface area (Å²) in [6.45, 7) is 2.06. The molecule has 0 saturated carbocycles. The molecule has 1 radical (unpaired) electrons. The van der Waals surface area contributed by atoms with Gasteiger partial charge in [0.05, 0.1) is 0 Å². The third kappa shape index (κ3) is 2.46. The van der Waals surface area contributed by atoms with Gasteiger partial charge in [0.25, 0.3) is 5.91 Å². The van der Waals surface area contributed by atoms with E-state index in [1.165, 1.54) is 24.3 Å². The van der Waals surface area contributed by atoms with Crippen LogP contribution in [-0.2, 0) is 0 Å². The summed E-state index contributed by atoms with van der Waals surface area (Å²) in [6, 6.07) is 5.91. The molecule has 5 heteroatoms. The van der Waals surface area contributed by atoms with Gasteiger partial charge in [0.1, 0.15) is 0 Å². The zero-order valence-corrected chi connectivity index (χ0v) is 8.23. The Labute approximate surface area is 87.1 Å². The summed E-state index contributed by atoms with van der Waals surface area (Å²) < 4.78 is 0. The summed E-state index contributed by atoms with van der Waals surface area (Å²) in [5.74, 6) is -0.778. The lowest BCUT2D eigenvalue weighted by atomic mass is 10.2. The minimum Gasteiger partial charge on any atom is -0.465 e. The number of hydrogen-bond acceptors (Lipinski definition) is 2. The number of carbonyl (C=O) groups excluding carboxylic acids is 1. The van der Waals surface area contributed by atoms with Gasteiger partial charge in [0.2, 0.25) is 0 Å². The van der Waals surface area contributed by atoms with E-state index in [-0.39, 0.29) is 5.56 Å². The average Bonchev–Trinajstić information content (AvgIpc) is 2.19. The number of benzene rings is 1. The summed E-state index contributed by atoms with van der Waals surface area (Å²) in [4.78, 5) is 22.6. The summed E-state index contributed by atoms with van der Waals surface area (Å²) in [7, 11) is 0. The van der Waals surface area contributed by atoms with E-state index in [0.717, 1.165) is 4.90 Å². The lowest BCUT2D eigenvalue weighted by molar-refractivity contribution is 0.0992. The molecule has 79 valence electrons. The summed E-state index contributed by atoms with van der Waals surface area (Å²) in [5, 5.41) is 8.83. The van der Waals surface area contributed by atoms with Crippen LogP contribution in [0.3, 0.4) is 0 Å². The largest absolute Gasteiger partial charge is 0.465 e. The van der Waals surface area contributed by atoms with Gasteiger partial charge in [0.15, 0.2) is 0 Å². The Morgan fingerprint density at radius 3 is 2.20 bits per heavy atom. The van der Waals surface area contributed by atoms with Crippen LogP contribution in [0.15, 0.2) is 24.3 Å². The van der Waals surface area contributed by atoms with Gasteiger partial charge in [0, 0.05) is 17.8 Å². The van der Waals surface area contributed by atoms with Gasteiger partial charge < -0.3 is 5.11 Å². The van der Waals surface area contributed by atoms with Crippen LogP contribution in [0.4, 0.5) is 10.5 Å². The fourth-order valence-corrected chi connectivity index (χ4v) is 1.22. The first-order valence-corrected chi connectivity index (χ1v) is 4.42. The normalized spacial score (nSPS) is 9.67. The molecule has 1 rings (SSSR count). The summed E-state index contributed by atoms with van der Waals surface area (Å²) in [5.41, 5.74) is 7.60. The molecule has 2 amide bonds. The second-order valence-corrected chi connectivity index (χ2v) is 2.90. The molecule has 0 saturated heterocycles. The van der Waals surface area contributed by atoms with Crippen molar-refractivity contribution in [1.82, 2.24) is 5.73 Å². The summed E-state index contributed by atoms with van der Waals surface area (Å²) in [6.07, 6.45) is -1.04. The smallest absolute Gasteiger partial charge is 0.411 e. The lowest BCUT2D eigenvalue weighted by Gasteiger charge is -2.16. The maximum Gasteiger partial charge on any atom is 0.411 e. The summed E-state index contributed by atoms with van der Waals surface area (Å²) >= 11 is 0. The van der Waals surface area contributed by atoms with Gasteiger partial charge in [-0.15, -0.1) is 0 Å². The van der Waals surface area contributed by atoms with E-state index in [2.05, 4.69) is 0 Å². The van der Waals surface area contributed by atoms with Crippen molar-refractivity contribution in [3.05, 3.63) is 29.8 Å². The Bertz CT molecular complexity index is 373. The van der Waals surface area contributed by atoms with Crippen molar-refractivity contribution in [2.75, 3.05) is 11.4 Å². The number of hydrogen-bond donors (Lipinski definition) is 1. The molecule has 0 spiro atoms. The van der Waals surface area contributed by atoms with Crippen molar-refractivity contribution >= 4 is 17.7 Å². The highest BCUT2D eigenvalue weighted by Gasteiger charge is 2.11. The number of nitrogens with zero attached hydrogens (tertiary/aromatic N) is 1. The van der Waals surface area contributed by atoms with Crippen molar-refractivity contribution in [3.63, 3.8) is 0 Å². The molecule has 1 aromatic carbocycles. The van der Waals surface area contributed by atoms with E-state index in [9.17, 15) is 9.59 Å². The van der Waals surface area contributed by atoms with Crippen LogP contribution in [0.1, 0.15) is 17.3 Å². The molecule has 0 atom stereocenters. The van der Waals surface area contributed by atoms with E-state index in [1.54, 1.807) is 6.92 Å². The molecule has 0 heterocycles. The van der Waals surface area contributed by atoms with Crippen LogP contribution < -0.4 is 10.6 Å². The van der Waals surface area contributed by atoms with Crippen LogP contribution in [0.5, 0.6) is 0 Å². The van der Waals surface area contributed by atoms with Crippen molar-refractivity contribution in [2.45, 2.75) is 6.92 Å². The Morgan fingerprint density at radius 1 is 1.33 bits per heavy atom. The highest BCUT2D eigenvalue weighted by molar-refractivity contribution is 5.93. The van der Waals surface area contributed by atoms with E-state index in [4.69, 9.17) is 10.8 Å². The molecule has 0 aliphatic carbocycles. The SMILES string of the molecule is CCN(C(=O)O)c1ccc(C([NH])=O)cc1. The predicted octanol–water partition coefficient (Wildman–Crippen LogP) is 1.61. The number of nitrogens with one attached hydrogen (secondary N) is 1. The molecule has 0 fully saturated rings. The first-order chi connectivity index (χ1) is 7.06. The van der Waals surface area contributed by atoms with Gasteiger partial charge in [-0.2, -0.15) is 0 Å². The monoisotopic (exact) mass is 207 g/mol. The maximum absolute atomic E-state index is 10.8. The van der Waals surface area contributed by atoms with Gasteiger partial charge in [-0.25, -0.2) is 4.79 Å². The van der Waals surface area contributed by atoms with Crippen molar-refractivity contribution in [2.24, 2.45) is 0 Å². The number of carbonyl (C=O) groups is 2. The fraction of sp³-hybridized carbons (Fsp3) is 0.200. The van der Waals surface area contributed by atoms with Crippen LogP contribution in [0.2, 0.25) is 0 Å². The minimum atomic E-state index is -1.04. The first kappa shape index (κ1) is 11.0. The van der Waals surface area contributed by atoms with E-state index < -0.39 is 12.0 Å². The van der Waals surface area contributed by atoms with Gasteiger partial charge >= 0.3 is 6.09 Å². The van der Waals surface area contributed by atoms with E-state index >= 15 is 0 Å². The molecule has 2 N–H and O–H groups in total. The van der Waals surface area contributed by atoms with E-state index in [1.807, 2.05) is 0 Å². The highest BCUT2D eigenvalue weighted by atomic mass is 16.4. The van der Waals surface area contributed by atoms with Gasteiger partial charge in [-0.3, -0.25) is 15.4 Å². The molecule has 5 nitrogen and oxygen atoms in total. The molecule has 0 aliphatic heterocycles. The van der Waals surface area contributed by atoms with Crippen molar-refractivity contribution in [1.29, 1.82) is 0 Å². The predicted molar refractivity (Wildman–Crippen MR) is 54.9 cm³/mol. The van der Waals surface area contributed by atoms with Crippen LogP contribution in [0, 0.1) is 0 Å². The number of anilines is 1. The Morgan fingerprint density at radius 2 is 1.87 bits per heavy atom. The van der Waals surface area contributed by atoms with Gasteiger partial charge in [-0.05, 0) is 31.2 Å². The number of rotatable bonds is 3. The molecule has 1 aromatic rings. The Hall–Kier alpha value is -2.04. The second-order valence-electron chi connectivity index (χ2n) is 2.90. The third-order valence-corrected chi connectivity index (χ3v) is 1.99. The van der Waals surface area contributed by atoms with Gasteiger partial charge in [-0.1, -0.05) is 0 Å². The fourth-order valence-electron chi connectivity index (χ4n) is 1.22. The third-order valence-electron chi connectivity index (χ3n) is 1.99. The quantitative estimate of drug-likeness (QED) is 0.817. The number of carboxylic acid groups (broad SMARTS) is 1. The van der Waals surface area contributed by atoms with Crippen LogP contribution in [-0.4, -0.2) is 23.7 Å². The molecule has 15 heavy (non-hydrogen) atoms. The lowest BCUT2D eigenvalue weighted by Crippen LogP contribution is -2.28. The van der Waals surface area contributed by atoms with Crippen LogP contribution in [0.25, 0.3) is 0 Å². The molecule has 0 unspecified atom stereocenters. The molecule has 0 bridgehead atoms. The highest BCUT2D eigenvalue weighted by Crippen LogP contribution is 2.15. The first-order valence-electron chi connectivity index (χ1n) is 4.42. The molecule has 0 aliphatic rings. The van der Waals surface area contributed by atoms with Crippen molar-refractivity contribution in [3.8, 4) is 0 Å². The Kier molecular flexibility index (Phi) is 3.28. The number of amides is 2. The second kappa shape index (κ2) is 4.45. The zero-order chi connectivity index (χ0) is 11.4. The van der Waals surface area contributed by atoms with E-state index in [0.29, 0.717) is 12.2 Å². The minimum absolute atomic E-state index is 0.250. The molecular formula is C10H11N2O3. The Balaban J connectivity index is 2.97. The standard InChI is InChI=1S/C10H11N2O3/c1-2-12(10(14)15)8-5-3-7(4-6-8)9(11)13/h3-6,11H,2H2,1H3,(H,14,15). The zero-order valence-electron chi connectivity index (χ0n) is 8.23.